The fourth-order valence-electron chi connectivity index (χ4n) is 6.22. The van der Waals surface area contributed by atoms with Crippen LogP contribution in [0.5, 0.6) is 11.5 Å². The summed E-state index contributed by atoms with van der Waals surface area (Å²) in [7, 11) is 1.68. The van der Waals surface area contributed by atoms with E-state index in [4.69, 9.17) is 30.8 Å². The predicted octanol–water partition coefficient (Wildman–Crippen LogP) is 5.63. The lowest BCUT2D eigenvalue weighted by atomic mass is 9.88. The molecule has 2 aliphatic rings. The number of aromatic amines is 1. The van der Waals surface area contributed by atoms with Gasteiger partial charge in [0.05, 0.1) is 24.8 Å². The van der Waals surface area contributed by atoms with E-state index < -0.39 is 17.4 Å². The molecule has 3 aromatic heterocycles. The Morgan fingerprint density at radius 2 is 2.02 bits per heavy atom. The van der Waals surface area contributed by atoms with Crippen molar-refractivity contribution >= 4 is 22.8 Å². The molecular weight excluding hydrogens is 603 g/mol. The lowest BCUT2D eigenvalue weighted by molar-refractivity contribution is -0.0712. The minimum absolute atomic E-state index is 0.0466. The molecule has 1 saturated heterocycles. The molecule has 45 heavy (non-hydrogen) atoms. The van der Waals surface area contributed by atoms with Crippen LogP contribution in [-0.2, 0) is 23.6 Å². The highest BCUT2D eigenvalue weighted by Gasteiger charge is 2.43. The van der Waals surface area contributed by atoms with Gasteiger partial charge in [-0.05, 0) is 69.1 Å². The summed E-state index contributed by atoms with van der Waals surface area (Å²) in [5.74, 6) is 0.312. The quantitative estimate of drug-likeness (QED) is 0.232. The first kappa shape index (κ1) is 29.5. The number of ether oxygens (including phenoxy) is 3. The molecule has 2 aromatic carbocycles. The summed E-state index contributed by atoms with van der Waals surface area (Å²) in [6, 6.07) is 12.3. The summed E-state index contributed by atoms with van der Waals surface area (Å²) in [5.41, 5.74) is 3.40. The van der Waals surface area contributed by atoms with Crippen molar-refractivity contribution in [1.29, 1.82) is 0 Å². The number of piperidine rings is 1. The number of aromatic nitrogens is 5. The van der Waals surface area contributed by atoms with E-state index in [0.29, 0.717) is 52.1 Å². The first-order valence-electron chi connectivity index (χ1n) is 14.8. The van der Waals surface area contributed by atoms with Crippen LogP contribution in [0.1, 0.15) is 49.6 Å². The predicted molar refractivity (Wildman–Crippen MR) is 164 cm³/mol. The van der Waals surface area contributed by atoms with Gasteiger partial charge >= 0.3 is 5.76 Å². The summed E-state index contributed by atoms with van der Waals surface area (Å²) in [5, 5.41) is 4.09. The third-order valence-electron chi connectivity index (χ3n) is 8.64. The van der Waals surface area contributed by atoms with Crippen molar-refractivity contribution in [2.75, 3.05) is 20.2 Å². The number of pyridine rings is 1. The van der Waals surface area contributed by atoms with Crippen LogP contribution >= 0.6 is 11.6 Å². The number of nitrogens with zero attached hydrogens (tertiary/aromatic N) is 5. The second-order valence-corrected chi connectivity index (χ2v) is 12.1. The van der Waals surface area contributed by atoms with Gasteiger partial charge in [0.25, 0.3) is 5.79 Å². The number of H-pyrrole nitrogens is 1. The minimum atomic E-state index is -1.29. The van der Waals surface area contributed by atoms with Gasteiger partial charge in [0.15, 0.2) is 23.0 Å². The van der Waals surface area contributed by atoms with E-state index in [0.717, 1.165) is 43.0 Å². The highest BCUT2D eigenvalue weighted by atomic mass is 35.5. The van der Waals surface area contributed by atoms with Gasteiger partial charge in [-0.15, -0.1) is 0 Å². The molecule has 0 saturated carbocycles. The lowest BCUT2D eigenvalue weighted by Gasteiger charge is -2.32. The Kier molecular flexibility index (Phi) is 7.58. The molecule has 1 N–H and O–H groups in total. The summed E-state index contributed by atoms with van der Waals surface area (Å²) in [4.78, 5) is 26.0. The van der Waals surface area contributed by atoms with Crippen LogP contribution in [0.15, 0.2) is 58.0 Å². The van der Waals surface area contributed by atoms with Crippen LogP contribution in [0.25, 0.3) is 22.6 Å². The Morgan fingerprint density at radius 3 is 2.76 bits per heavy atom. The Bertz CT molecular complexity index is 1930. The molecule has 0 bridgehead atoms. The van der Waals surface area contributed by atoms with Crippen LogP contribution < -0.4 is 15.2 Å². The van der Waals surface area contributed by atoms with Gasteiger partial charge in [-0.1, -0.05) is 28.9 Å². The zero-order valence-electron chi connectivity index (χ0n) is 25.0. The number of para-hydroxylation sites is 1. The number of halogens is 2. The molecule has 234 valence electrons. The maximum Gasteiger partial charge on any atom is 0.439 e. The number of nitrogens with one attached hydrogen (secondary N) is 1. The largest absolute Gasteiger partial charge is 0.444 e. The number of likely N-dealkylation sites (tertiary alicyclic amines) is 1. The van der Waals surface area contributed by atoms with Crippen LogP contribution in [0.4, 0.5) is 4.39 Å². The smallest absolute Gasteiger partial charge is 0.439 e. The molecule has 11 nitrogen and oxygen atoms in total. The van der Waals surface area contributed by atoms with Crippen molar-refractivity contribution in [3.63, 3.8) is 0 Å². The molecule has 13 heteroatoms. The monoisotopic (exact) mass is 634 g/mol. The molecule has 2 atom stereocenters. The molecule has 0 radical (unpaired) electrons. The number of imidazole rings is 1. The van der Waals surface area contributed by atoms with Gasteiger partial charge in [-0.25, -0.2) is 19.2 Å². The van der Waals surface area contributed by atoms with Crippen molar-refractivity contribution in [3.8, 4) is 22.9 Å². The zero-order chi connectivity index (χ0) is 31.3. The summed E-state index contributed by atoms with van der Waals surface area (Å²) < 4.78 is 39.7. The number of benzene rings is 2. The van der Waals surface area contributed by atoms with Crippen molar-refractivity contribution in [2.45, 2.75) is 57.6 Å². The average Bonchev–Trinajstić information content (AvgIpc) is 3.71. The number of hydrogen-bond donors (Lipinski definition) is 1. The Hall–Kier alpha value is -4.26. The van der Waals surface area contributed by atoms with Gasteiger partial charge in [0.2, 0.25) is 0 Å². The topological polar surface area (TPSA) is 121 Å². The molecule has 0 spiro atoms. The second kappa shape index (κ2) is 11.6. The van der Waals surface area contributed by atoms with Gasteiger partial charge in [0.1, 0.15) is 17.2 Å². The van der Waals surface area contributed by atoms with Crippen LogP contribution in [0.3, 0.4) is 0 Å². The van der Waals surface area contributed by atoms with Gasteiger partial charge < -0.3 is 18.8 Å². The normalized spacial score (nSPS) is 19.4. The summed E-state index contributed by atoms with van der Waals surface area (Å²) >= 11 is 5.98. The van der Waals surface area contributed by atoms with Crippen LogP contribution in [0.2, 0.25) is 5.02 Å². The highest BCUT2D eigenvalue weighted by Crippen LogP contribution is 2.49. The third-order valence-corrected chi connectivity index (χ3v) is 8.88. The number of hydrogen-bond acceptors (Lipinski definition) is 9. The van der Waals surface area contributed by atoms with E-state index in [-0.39, 0.29) is 12.0 Å². The Labute approximate surface area is 262 Å². The van der Waals surface area contributed by atoms with Crippen molar-refractivity contribution < 1.29 is 23.1 Å². The highest BCUT2D eigenvalue weighted by molar-refractivity contribution is 6.30. The molecule has 0 aliphatic carbocycles. The van der Waals surface area contributed by atoms with E-state index in [1.54, 1.807) is 32.4 Å². The fraction of sp³-hybridized carbons (Fsp3) is 0.375. The first-order valence-corrected chi connectivity index (χ1v) is 15.2. The molecule has 0 amide bonds. The first-order chi connectivity index (χ1) is 21.7. The SMILES string of the molecule is CO[C@H](C)Cn1c(CN2CCC(c3cccc4c3O[C@@](C)(c3ccc(Cl)cc3F)O4)CC2)nc2cc(-c3noc(=O)[nH]3)cnc21. The van der Waals surface area contributed by atoms with E-state index in [1.807, 2.05) is 25.1 Å². The minimum Gasteiger partial charge on any atom is -0.444 e. The van der Waals surface area contributed by atoms with Crippen molar-refractivity contribution in [2.24, 2.45) is 0 Å². The van der Waals surface area contributed by atoms with Crippen molar-refractivity contribution in [3.05, 3.63) is 87.0 Å². The summed E-state index contributed by atoms with van der Waals surface area (Å²) in [6.45, 7) is 6.65. The second-order valence-electron chi connectivity index (χ2n) is 11.7. The average molecular weight is 635 g/mol. The molecule has 0 unspecified atom stereocenters. The molecule has 7 rings (SSSR count). The van der Waals surface area contributed by atoms with Gasteiger partial charge in [0, 0.05) is 36.4 Å². The van der Waals surface area contributed by atoms with Gasteiger partial charge in [-0.3, -0.25) is 14.4 Å². The maximum atomic E-state index is 14.8. The van der Waals surface area contributed by atoms with Crippen LogP contribution in [0, 0.1) is 5.82 Å². The number of fused-ring (bicyclic) bond motifs is 2. The number of rotatable bonds is 8. The maximum absolute atomic E-state index is 14.8. The molecule has 1 fully saturated rings. The number of methoxy groups -OCH3 is 1. The third kappa shape index (κ3) is 5.58. The van der Waals surface area contributed by atoms with Crippen LogP contribution in [-0.4, -0.2) is 55.9 Å². The Morgan fingerprint density at radius 1 is 1.20 bits per heavy atom. The fourth-order valence-corrected chi connectivity index (χ4v) is 6.38. The standard InChI is InChI=1S/C32H32ClFN6O5/c1-18(42-3)16-40-27(36-25-13-20(15-35-30(25)40)29-37-31(41)45-38-29)17-39-11-9-19(10-12-39)22-5-4-6-26-28(22)44-32(2,43-26)23-8-7-21(33)14-24(23)34/h4-8,13-15,18-19H,9-12,16-17H2,1-3H3,(H,37,38,41)/t18-,32+/m1/s1. The Balaban J connectivity index is 1.09. The molecule has 5 heterocycles. The summed E-state index contributed by atoms with van der Waals surface area (Å²) in [6.07, 6.45) is 3.41. The van der Waals surface area contributed by atoms with E-state index in [1.165, 1.54) is 6.07 Å². The molecular formula is C32H32ClFN6O5. The van der Waals surface area contributed by atoms with E-state index in [2.05, 4.69) is 35.2 Å². The van der Waals surface area contributed by atoms with Crippen molar-refractivity contribution in [1.82, 2.24) is 29.6 Å². The zero-order valence-corrected chi connectivity index (χ0v) is 25.8. The lowest BCUT2D eigenvalue weighted by Crippen LogP contribution is -2.34. The molecule has 2 aliphatic heterocycles. The molecule has 5 aromatic rings. The van der Waals surface area contributed by atoms with Gasteiger partial charge in [-0.2, -0.15) is 0 Å². The van der Waals surface area contributed by atoms with E-state index >= 15 is 0 Å². The van der Waals surface area contributed by atoms with E-state index in [9.17, 15) is 9.18 Å².